The van der Waals surface area contributed by atoms with Gasteiger partial charge in [-0.05, 0) is 39.3 Å². The van der Waals surface area contributed by atoms with Crippen molar-refractivity contribution in [3.05, 3.63) is 23.9 Å². The Morgan fingerprint density at radius 2 is 1.91 bits per heavy atom. The summed E-state index contributed by atoms with van der Waals surface area (Å²) >= 11 is 0. The maximum atomic E-state index is 12.4. The lowest BCUT2D eigenvalue weighted by atomic mass is 10.1. The second-order valence-corrected chi connectivity index (χ2v) is 5.85. The standard InChI is InChI=1S/C14H22F3N5.HI/c1-13(2,3)22-12(18)20-8-4-7-19-11-6-5-10(9-21-11)14(15,16)17;/h5-6,9H,4,7-8H2,1-3H3,(H,19,21)(H3,18,20,22);1H. The van der Waals surface area contributed by atoms with Crippen LogP contribution in [0.1, 0.15) is 32.8 Å². The van der Waals surface area contributed by atoms with Gasteiger partial charge >= 0.3 is 6.18 Å². The molecule has 1 aromatic rings. The molecule has 1 rings (SSSR count). The van der Waals surface area contributed by atoms with Gasteiger partial charge in [-0.3, -0.25) is 4.99 Å². The first-order chi connectivity index (χ1) is 10.1. The average Bonchev–Trinajstić information content (AvgIpc) is 2.35. The minimum Gasteiger partial charge on any atom is -0.370 e. The van der Waals surface area contributed by atoms with Crippen LogP contribution in [0.4, 0.5) is 19.0 Å². The predicted octanol–water partition coefficient (Wildman–Crippen LogP) is 3.22. The fraction of sp³-hybridized carbons (Fsp3) is 0.571. The molecule has 0 saturated heterocycles. The lowest BCUT2D eigenvalue weighted by Crippen LogP contribution is -2.45. The van der Waals surface area contributed by atoms with E-state index in [1.807, 2.05) is 20.8 Å². The van der Waals surface area contributed by atoms with Crippen molar-refractivity contribution in [1.29, 1.82) is 0 Å². The van der Waals surface area contributed by atoms with Crippen molar-refractivity contribution in [2.75, 3.05) is 18.4 Å². The van der Waals surface area contributed by atoms with Gasteiger partial charge in [0.05, 0.1) is 5.56 Å². The molecule has 5 nitrogen and oxygen atoms in total. The first kappa shape index (κ1) is 21.7. The summed E-state index contributed by atoms with van der Waals surface area (Å²) in [6.07, 6.45) is -2.86. The average molecular weight is 445 g/mol. The summed E-state index contributed by atoms with van der Waals surface area (Å²) in [5, 5.41) is 5.97. The number of hydrogen-bond donors (Lipinski definition) is 3. The van der Waals surface area contributed by atoms with E-state index in [0.717, 1.165) is 12.3 Å². The van der Waals surface area contributed by atoms with Gasteiger partial charge in [0.2, 0.25) is 0 Å². The van der Waals surface area contributed by atoms with Gasteiger partial charge in [-0.2, -0.15) is 13.2 Å². The number of aromatic nitrogens is 1. The lowest BCUT2D eigenvalue weighted by molar-refractivity contribution is -0.137. The monoisotopic (exact) mass is 445 g/mol. The van der Waals surface area contributed by atoms with Crippen molar-refractivity contribution in [2.45, 2.75) is 38.9 Å². The largest absolute Gasteiger partial charge is 0.417 e. The van der Waals surface area contributed by atoms with Crippen LogP contribution in [0.15, 0.2) is 23.3 Å². The van der Waals surface area contributed by atoms with Gasteiger partial charge in [0, 0.05) is 24.8 Å². The molecule has 4 N–H and O–H groups in total. The molecule has 0 radical (unpaired) electrons. The predicted molar refractivity (Wildman–Crippen MR) is 97.1 cm³/mol. The molecule has 0 fully saturated rings. The van der Waals surface area contributed by atoms with E-state index in [1.54, 1.807) is 0 Å². The maximum Gasteiger partial charge on any atom is 0.417 e. The summed E-state index contributed by atoms with van der Waals surface area (Å²) in [6, 6.07) is 2.31. The van der Waals surface area contributed by atoms with E-state index >= 15 is 0 Å². The number of anilines is 1. The summed E-state index contributed by atoms with van der Waals surface area (Å²) in [4.78, 5) is 7.88. The molecule has 0 atom stereocenters. The summed E-state index contributed by atoms with van der Waals surface area (Å²) in [5.41, 5.74) is 4.81. The number of guanidine groups is 1. The van der Waals surface area contributed by atoms with E-state index in [4.69, 9.17) is 5.73 Å². The van der Waals surface area contributed by atoms with Crippen LogP contribution in [-0.4, -0.2) is 29.6 Å². The van der Waals surface area contributed by atoms with E-state index in [9.17, 15) is 13.2 Å². The Balaban J connectivity index is 0.00000484. The highest BCUT2D eigenvalue weighted by molar-refractivity contribution is 14.0. The van der Waals surface area contributed by atoms with Gasteiger partial charge in [0.25, 0.3) is 0 Å². The van der Waals surface area contributed by atoms with Crippen LogP contribution in [0.5, 0.6) is 0 Å². The quantitative estimate of drug-likeness (QED) is 0.282. The van der Waals surface area contributed by atoms with E-state index in [1.165, 1.54) is 6.07 Å². The summed E-state index contributed by atoms with van der Waals surface area (Å²) in [6.45, 7) is 7.00. The van der Waals surface area contributed by atoms with Crippen LogP contribution in [0, 0.1) is 0 Å². The third-order valence-electron chi connectivity index (χ3n) is 2.52. The highest BCUT2D eigenvalue weighted by Gasteiger charge is 2.30. The fourth-order valence-corrected chi connectivity index (χ4v) is 1.58. The SMILES string of the molecule is CC(C)(C)NC(N)=NCCCNc1ccc(C(F)(F)F)cn1.I. The minimum absolute atomic E-state index is 0. The van der Waals surface area contributed by atoms with Crippen LogP contribution in [0.25, 0.3) is 0 Å². The number of alkyl halides is 3. The molecule has 0 aliphatic carbocycles. The van der Waals surface area contributed by atoms with E-state index < -0.39 is 11.7 Å². The van der Waals surface area contributed by atoms with Gasteiger partial charge in [-0.1, -0.05) is 0 Å². The summed E-state index contributed by atoms with van der Waals surface area (Å²) in [5.74, 6) is 0.776. The number of nitrogens with two attached hydrogens (primary N) is 1. The molecule has 0 amide bonds. The zero-order valence-electron chi connectivity index (χ0n) is 13.4. The molecule has 0 aliphatic heterocycles. The highest BCUT2D eigenvalue weighted by Crippen LogP contribution is 2.28. The molecular weight excluding hydrogens is 422 g/mol. The molecule has 0 aliphatic rings. The van der Waals surface area contributed by atoms with Crippen LogP contribution in [0.2, 0.25) is 0 Å². The number of pyridine rings is 1. The Bertz CT molecular complexity index is 495. The zero-order chi connectivity index (χ0) is 16.8. The van der Waals surface area contributed by atoms with Crippen LogP contribution < -0.4 is 16.4 Å². The molecular formula is C14H23F3IN5. The number of aliphatic imine (C=N–C) groups is 1. The topological polar surface area (TPSA) is 75.3 Å². The lowest BCUT2D eigenvalue weighted by Gasteiger charge is -2.20. The van der Waals surface area contributed by atoms with Crippen molar-refractivity contribution in [3.8, 4) is 0 Å². The van der Waals surface area contributed by atoms with Gasteiger partial charge in [-0.15, -0.1) is 24.0 Å². The number of rotatable bonds is 5. The molecule has 1 heterocycles. The minimum atomic E-state index is -4.36. The fourth-order valence-electron chi connectivity index (χ4n) is 1.58. The smallest absolute Gasteiger partial charge is 0.370 e. The molecule has 9 heteroatoms. The van der Waals surface area contributed by atoms with Gasteiger partial charge < -0.3 is 16.4 Å². The Kier molecular flexibility index (Phi) is 8.64. The Labute approximate surface area is 151 Å². The van der Waals surface area contributed by atoms with Crippen molar-refractivity contribution >= 4 is 35.8 Å². The third-order valence-corrected chi connectivity index (χ3v) is 2.52. The van der Waals surface area contributed by atoms with Gasteiger partial charge in [0.15, 0.2) is 5.96 Å². The number of hydrogen-bond acceptors (Lipinski definition) is 3. The molecule has 1 aromatic heterocycles. The Morgan fingerprint density at radius 3 is 2.39 bits per heavy atom. The van der Waals surface area contributed by atoms with E-state index in [0.29, 0.717) is 31.3 Å². The van der Waals surface area contributed by atoms with Crippen LogP contribution in [-0.2, 0) is 6.18 Å². The number of nitrogens with zero attached hydrogens (tertiary/aromatic N) is 2. The van der Waals surface area contributed by atoms with Crippen molar-refractivity contribution in [1.82, 2.24) is 10.3 Å². The van der Waals surface area contributed by atoms with Gasteiger partial charge in [0.1, 0.15) is 5.82 Å². The summed E-state index contributed by atoms with van der Waals surface area (Å²) in [7, 11) is 0. The molecule has 0 spiro atoms. The molecule has 0 aromatic carbocycles. The van der Waals surface area contributed by atoms with Crippen molar-refractivity contribution < 1.29 is 13.2 Å². The first-order valence-electron chi connectivity index (χ1n) is 6.93. The summed E-state index contributed by atoms with van der Waals surface area (Å²) < 4.78 is 37.1. The van der Waals surface area contributed by atoms with E-state index in [-0.39, 0.29) is 29.5 Å². The second-order valence-electron chi connectivity index (χ2n) is 5.85. The number of halogens is 4. The van der Waals surface area contributed by atoms with E-state index in [2.05, 4.69) is 20.6 Å². The zero-order valence-corrected chi connectivity index (χ0v) is 15.7. The molecule has 0 saturated carbocycles. The first-order valence-corrected chi connectivity index (χ1v) is 6.93. The van der Waals surface area contributed by atoms with Crippen molar-refractivity contribution in [3.63, 3.8) is 0 Å². The Hall–Kier alpha value is -1.26. The third kappa shape index (κ3) is 9.47. The molecule has 23 heavy (non-hydrogen) atoms. The maximum absolute atomic E-state index is 12.4. The van der Waals surface area contributed by atoms with Crippen LogP contribution in [0.3, 0.4) is 0 Å². The molecule has 0 bridgehead atoms. The molecule has 0 unspecified atom stereocenters. The normalized spacial score (nSPS) is 12.5. The number of nitrogens with one attached hydrogen (secondary N) is 2. The highest BCUT2D eigenvalue weighted by atomic mass is 127. The van der Waals surface area contributed by atoms with Crippen molar-refractivity contribution in [2.24, 2.45) is 10.7 Å². The van der Waals surface area contributed by atoms with Crippen LogP contribution >= 0.6 is 24.0 Å². The second kappa shape index (κ2) is 9.14. The molecule has 132 valence electrons. The van der Waals surface area contributed by atoms with Gasteiger partial charge in [-0.25, -0.2) is 4.98 Å². The Morgan fingerprint density at radius 1 is 1.26 bits per heavy atom.